The average Bonchev–Trinajstić information content (AvgIpc) is 2.84. The van der Waals surface area contributed by atoms with E-state index in [0.29, 0.717) is 51.7 Å². The van der Waals surface area contributed by atoms with E-state index in [-0.39, 0.29) is 17.4 Å². The second-order valence-electron chi connectivity index (χ2n) is 8.41. The summed E-state index contributed by atoms with van der Waals surface area (Å²) in [7, 11) is 0. The van der Waals surface area contributed by atoms with Gasteiger partial charge >= 0.3 is 0 Å². The van der Waals surface area contributed by atoms with E-state index in [1.165, 1.54) is 0 Å². The second-order valence-corrected chi connectivity index (χ2v) is 9.29. The number of carbonyl (C=O) groups is 1. The number of ketones is 1. The highest BCUT2D eigenvalue weighted by atomic mass is 35.5. The summed E-state index contributed by atoms with van der Waals surface area (Å²) < 4.78 is 0. The molecule has 0 fully saturated rings. The van der Waals surface area contributed by atoms with Gasteiger partial charge in [0.2, 0.25) is 0 Å². The van der Waals surface area contributed by atoms with Crippen LogP contribution in [0.3, 0.4) is 0 Å². The summed E-state index contributed by atoms with van der Waals surface area (Å²) in [6, 6.07) is 23.6. The van der Waals surface area contributed by atoms with Gasteiger partial charge in [-0.2, -0.15) is 0 Å². The first-order valence-electron chi connectivity index (χ1n) is 11.1. The van der Waals surface area contributed by atoms with Gasteiger partial charge in [0.1, 0.15) is 11.6 Å². The highest BCUT2D eigenvalue weighted by Crippen LogP contribution is 2.48. The molecule has 2 N–H and O–H groups in total. The molecule has 0 bridgehead atoms. The molecule has 1 atom stereocenters. The third-order valence-corrected chi connectivity index (χ3v) is 6.81. The van der Waals surface area contributed by atoms with Crippen LogP contribution in [0.1, 0.15) is 36.3 Å². The van der Waals surface area contributed by atoms with Crippen LogP contribution in [0.2, 0.25) is 10.0 Å². The Morgan fingerprint density at radius 3 is 2.35 bits per heavy atom. The zero-order valence-corrected chi connectivity index (χ0v) is 19.8. The molecule has 3 aromatic rings. The fourth-order valence-corrected chi connectivity index (χ4v) is 5.14. The number of nitrogens with zero attached hydrogens (tertiary/aromatic N) is 1. The van der Waals surface area contributed by atoms with Gasteiger partial charge in [-0.1, -0.05) is 71.7 Å². The summed E-state index contributed by atoms with van der Waals surface area (Å²) in [5.41, 5.74) is 3.85. The van der Waals surface area contributed by atoms with Gasteiger partial charge in [-0.3, -0.25) is 15.1 Å². The number of anilines is 1. The Morgan fingerprint density at radius 2 is 1.65 bits per heavy atom. The molecule has 4 nitrogen and oxygen atoms in total. The van der Waals surface area contributed by atoms with Crippen LogP contribution in [-0.4, -0.2) is 16.7 Å². The minimum atomic E-state index is -0.580. The molecule has 0 amide bonds. The molecule has 6 heteroatoms. The van der Waals surface area contributed by atoms with Crippen molar-refractivity contribution in [1.82, 2.24) is 0 Å². The Labute approximate surface area is 208 Å². The quantitative estimate of drug-likeness (QED) is 0.374. The number of carbonyl (C=O) groups excluding carboxylic acids is 1. The molecule has 0 unspecified atom stereocenters. The fraction of sp³-hybridized carbons (Fsp3) is 0.143. The third kappa shape index (κ3) is 3.93. The van der Waals surface area contributed by atoms with Gasteiger partial charge in [-0.15, -0.1) is 0 Å². The number of aliphatic hydroxyl groups is 1. The van der Waals surface area contributed by atoms with E-state index in [2.05, 4.69) is 0 Å². The van der Waals surface area contributed by atoms with E-state index in [0.717, 1.165) is 11.3 Å². The third-order valence-electron chi connectivity index (χ3n) is 6.33. The topological polar surface area (TPSA) is 64.4 Å². The van der Waals surface area contributed by atoms with Crippen molar-refractivity contribution in [2.24, 2.45) is 0 Å². The maximum atomic E-state index is 13.4. The first-order chi connectivity index (χ1) is 16.5. The van der Waals surface area contributed by atoms with Crippen LogP contribution in [0.5, 0.6) is 0 Å². The predicted molar refractivity (Wildman–Crippen MR) is 138 cm³/mol. The van der Waals surface area contributed by atoms with E-state index < -0.39 is 5.92 Å². The minimum absolute atomic E-state index is 0.0255. The lowest BCUT2D eigenvalue weighted by Gasteiger charge is -2.41. The molecule has 1 aliphatic heterocycles. The SMILES string of the molecule is N=C1/C(=C(/O)c2ccccc2)[C@@H](c2ccc(Cl)cc2)C2=C(CCCC2=O)N1c1cccc(Cl)c1. The van der Waals surface area contributed by atoms with E-state index in [9.17, 15) is 15.3 Å². The summed E-state index contributed by atoms with van der Waals surface area (Å²) in [6.07, 6.45) is 1.79. The Morgan fingerprint density at radius 1 is 0.912 bits per heavy atom. The predicted octanol–water partition coefficient (Wildman–Crippen LogP) is 7.55. The van der Waals surface area contributed by atoms with Gasteiger partial charge < -0.3 is 5.11 Å². The molecule has 0 saturated heterocycles. The summed E-state index contributed by atoms with van der Waals surface area (Å²) in [4.78, 5) is 15.2. The standard InChI is InChI=1S/C28H22Cl2N2O2/c29-19-14-12-17(13-15-19)24-25-22(10-5-11-23(25)33)32(21-9-4-8-20(30)16-21)28(31)26(24)27(34)18-6-2-1-3-7-18/h1-4,6-9,12-16,24,31,34H,5,10-11H2/b27-26+,31-28?/t24-/m0/s1. The number of hydrogen-bond acceptors (Lipinski definition) is 3. The van der Waals surface area contributed by atoms with E-state index in [1.54, 1.807) is 41.3 Å². The highest BCUT2D eigenvalue weighted by Gasteiger charge is 2.43. The van der Waals surface area contributed by atoms with Gasteiger partial charge in [0.05, 0.1) is 0 Å². The number of Topliss-reactive ketones (excluding diaryl/α,β-unsaturated/α-hetero) is 1. The molecule has 0 spiro atoms. The monoisotopic (exact) mass is 488 g/mol. The lowest BCUT2D eigenvalue weighted by molar-refractivity contribution is -0.116. The van der Waals surface area contributed by atoms with Crippen LogP contribution in [0, 0.1) is 5.41 Å². The van der Waals surface area contributed by atoms with Crippen molar-refractivity contribution >= 4 is 46.3 Å². The summed E-state index contributed by atoms with van der Waals surface area (Å²) in [6.45, 7) is 0. The van der Waals surface area contributed by atoms with Crippen LogP contribution in [0.4, 0.5) is 5.69 Å². The van der Waals surface area contributed by atoms with Gasteiger partial charge in [-0.25, -0.2) is 0 Å². The summed E-state index contributed by atoms with van der Waals surface area (Å²) in [5, 5.41) is 21.9. The molecular weight excluding hydrogens is 467 g/mol. The Balaban J connectivity index is 1.83. The van der Waals surface area contributed by atoms with Crippen LogP contribution in [0.15, 0.2) is 95.7 Å². The van der Waals surface area contributed by atoms with E-state index >= 15 is 0 Å². The van der Waals surface area contributed by atoms with E-state index in [4.69, 9.17) is 23.2 Å². The zero-order chi connectivity index (χ0) is 23.8. The smallest absolute Gasteiger partial charge is 0.161 e. The first-order valence-corrected chi connectivity index (χ1v) is 11.9. The van der Waals surface area contributed by atoms with Crippen molar-refractivity contribution in [1.29, 1.82) is 5.41 Å². The molecule has 2 aliphatic rings. The van der Waals surface area contributed by atoms with Gasteiger partial charge in [0.15, 0.2) is 5.78 Å². The van der Waals surface area contributed by atoms with Crippen LogP contribution >= 0.6 is 23.2 Å². The van der Waals surface area contributed by atoms with Gasteiger partial charge in [0.25, 0.3) is 0 Å². The number of benzene rings is 3. The van der Waals surface area contributed by atoms with Gasteiger partial charge in [-0.05, 0) is 48.7 Å². The largest absolute Gasteiger partial charge is 0.507 e. The maximum Gasteiger partial charge on any atom is 0.161 e. The number of halogens is 2. The zero-order valence-electron chi connectivity index (χ0n) is 18.3. The van der Waals surface area contributed by atoms with Crippen LogP contribution < -0.4 is 4.90 Å². The average molecular weight is 489 g/mol. The molecule has 170 valence electrons. The minimum Gasteiger partial charge on any atom is -0.507 e. The molecule has 3 aromatic carbocycles. The number of amidine groups is 1. The number of hydrogen-bond donors (Lipinski definition) is 2. The molecule has 5 rings (SSSR count). The Bertz CT molecular complexity index is 1340. The number of nitrogens with one attached hydrogen (secondary N) is 1. The molecule has 1 aliphatic carbocycles. The van der Waals surface area contributed by atoms with Crippen LogP contribution in [0.25, 0.3) is 5.76 Å². The summed E-state index contributed by atoms with van der Waals surface area (Å²) >= 11 is 12.5. The maximum absolute atomic E-state index is 13.4. The normalized spacial score (nSPS) is 19.8. The van der Waals surface area contributed by atoms with Crippen LogP contribution in [-0.2, 0) is 4.79 Å². The summed E-state index contributed by atoms with van der Waals surface area (Å²) in [5.74, 6) is -0.457. The Hall–Kier alpha value is -3.34. The molecule has 34 heavy (non-hydrogen) atoms. The number of rotatable bonds is 3. The van der Waals surface area contributed by atoms with E-state index in [1.807, 2.05) is 42.5 Å². The van der Waals surface area contributed by atoms with Crippen molar-refractivity contribution in [3.8, 4) is 0 Å². The van der Waals surface area contributed by atoms with Gasteiger partial charge in [0, 0.05) is 50.5 Å². The van der Waals surface area contributed by atoms with Crippen molar-refractivity contribution in [3.05, 3.63) is 117 Å². The number of aliphatic hydroxyl groups excluding tert-OH is 1. The van der Waals surface area contributed by atoms with Crippen molar-refractivity contribution in [2.45, 2.75) is 25.2 Å². The van der Waals surface area contributed by atoms with Crippen molar-refractivity contribution in [3.63, 3.8) is 0 Å². The lowest BCUT2D eigenvalue weighted by atomic mass is 9.73. The second kappa shape index (κ2) is 9.13. The van der Waals surface area contributed by atoms with Crippen molar-refractivity contribution < 1.29 is 9.90 Å². The fourth-order valence-electron chi connectivity index (χ4n) is 4.83. The molecular formula is C28H22Cl2N2O2. The molecule has 0 aromatic heterocycles. The number of allylic oxidation sites excluding steroid dienone is 2. The molecule has 0 saturated carbocycles. The highest BCUT2D eigenvalue weighted by molar-refractivity contribution is 6.31. The molecule has 0 radical (unpaired) electrons. The lowest BCUT2D eigenvalue weighted by Crippen LogP contribution is -2.42. The molecule has 1 heterocycles. The Kier molecular flexibility index (Phi) is 6.03. The van der Waals surface area contributed by atoms with Crippen molar-refractivity contribution in [2.75, 3.05) is 4.90 Å². The first kappa shape index (κ1) is 22.5.